The van der Waals surface area contributed by atoms with E-state index in [0.29, 0.717) is 5.89 Å². The van der Waals surface area contributed by atoms with Gasteiger partial charge in [0.05, 0.1) is 5.54 Å². The van der Waals surface area contributed by atoms with Gasteiger partial charge in [0.25, 0.3) is 6.43 Å². The molecule has 0 atom stereocenters. The number of alkyl halides is 2. The van der Waals surface area contributed by atoms with Gasteiger partial charge in [-0.1, -0.05) is 13.8 Å². The molecule has 1 rings (SSSR count). The zero-order chi connectivity index (χ0) is 12.5. The Labute approximate surface area is 94.2 Å². The first-order chi connectivity index (χ1) is 7.29. The van der Waals surface area contributed by atoms with Gasteiger partial charge in [0.1, 0.15) is 11.5 Å². The van der Waals surface area contributed by atoms with Gasteiger partial charge in [-0.05, 0) is 20.9 Å². The number of nitrogens with one attached hydrogen (secondary N) is 1. The summed E-state index contributed by atoms with van der Waals surface area (Å²) in [7, 11) is 1.74. The summed E-state index contributed by atoms with van der Waals surface area (Å²) in [6.45, 7) is 7.28. The lowest BCUT2D eigenvalue weighted by Gasteiger charge is -2.19. The van der Waals surface area contributed by atoms with Crippen molar-refractivity contribution in [3.8, 4) is 0 Å². The minimum absolute atomic E-state index is 0.0992. The third-order valence-electron chi connectivity index (χ3n) is 2.57. The van der Waals surface area contributed by atoms with Crippen molar-refractivity contribution in [2.45, 2.75) is 45.6 Å². The SMILES string of the molecule is CNC(C)(C)c1nc(C(F)F)c(C(C)C)o1. The van der Waals surface area contributed by atoms with E-state index in [1.54, 1.807) is 7.05 Å². The van der Waals surface area contributed by atoms with Crippen LogP contribution >= 0.6 is 0 Å². The van der Waals surface area contributed by atoms with E-state index in [2.05, 4.69) is 10.3 Å². The number of hydrogen-bond donors (Lipinski definition) is 1. The van der Waals surface area contributed by atoms with Crippen LogP contribution in [0.25, 0.3) is 0 Å². The van der Waals surface area contributed by atoms with E-state index in [0.717, 1.165) is 0 Å². The van der Waals surface area contributed by atoms with Gasteiger partial charge in [-0.25, -0.2) is 13.8 Å². The largest absolute Gasteiger partial charge is 0.443 e. The van der Waals surface area contributed by atoms with Gasteiger partial charge in [0, 0.05) is 5.92 Å². The zero-order valence-electron chi connectivity index (χ0n) is 10.3. The molecule has 0 amide bonds. The lowest BCUT2D eigenvalue weighted by molar-refractivity contribution is 0.143. The number of nitrogens with zero attached hydrogens (tertiary/aromatic N) is 1. The first-order valence-electron chi connectivity index (χ1n) is 5.27. The Morgan fingerprint density at radius 3 is 2.19 bits per heavy atom. The molecule has 0 saturated carbocycles. The first kappa shape index (κ1) is 13.1. The van der Waals surface area contributed by atoms with E-state index >= 15 is 0 Å². The molecule has 0 aliphatic heterocycles. The standard InChI is InChI=1S/C11H18F2N2O/c1-6(2)8-7(9(12)13)15-10(16-8)11(3,4)14-5/h6,9,14H,1-5H3. The van der Waals surface area contributed by atoms with E-state index < -0.39 is 12.0 Å². The minimum atomic E-state index is -2.59. The predicted octanol–water partition coefficient (Wildman–Crippen LogP) is 3.19. The lowest BCUT2D eigenvalue weighted by Crippen LogP contribution is -2.33. The van der Waals surface area contributed by atoms with E-state index in [4.69, 9.17) is 4.42 Å². The Bertz CT molecular complexity index is 333. The second kappa shape index (κ2) is 4.49. The molecule has 0 unspecified atom stereocenters. The van der Waals surface area contributed by atoms with Crippen LogP contribution in [0.2, 0.25) is 0 Å². The van der Waals surface area contributed by atoms with Gasteiger partial charge in [-0.2, -0.15) is 0 Å². The highest BCUT2D eigenvalue weighted by Gasteiger charge is 2.30. The molecule has 92 valence electrons. The molecular weight excluding hydrogens is 214 g/mol. The van der Waals surface area contributed by atoms with E-state index in [1.165, 1.54) is 0 Å². The Hall–Kier alpha value is -0.970. The van der Waals surface area contributed by atoms with Crippen LogP contribution in [0.4, 0.5) is 8.78 Å². The highest BCUT2D eigenvalue weighted by molar-refractivity contribution is 5.17. The van der Waals surface area contributed by atoms with Crippen molar-refractivity contribution in [1.82, 2.24) is 10.3 Å². The Morgan fingerprint density at radius 2 is 1.88 bits per heavy atom. The summed E-state index contributed by atoms with van der Waals surface area (Å²) in [5.74, 6) is 0.472. The summed E-state index contributed by atoms with van der Waals surface area (Å²) in [6.07, 6.45) is -2.59. The van der Waals surface area contributed by atoms with Gasteiger partial charge < -0.3 is 9.73 Å². The van der Waals surface area contributed by atoms with Crippen LogP contribution in [0.1, 0.15) is 57.4 Å². The van der Waals surface area contributed by atoms with Crippen molar-refractivity contribution in [2.24, 2.45) is 0 Å². The third-order valence-corrected chi connectivity index (χ3v) is 2.57. The molecule has 1 N–H and O–H groups in total. The highest BCUT2D eigenvalue weighted by atomic mass is 19.3. The number of halogens is 2. The van der Waals surface area contributed by atoms with Crippen LogP contribution < -0.4 is 5.32 Å². The third kappa shape index (κ3) is 2.40. The van der Waals surface area contributed by atoms with Crippen LogP contribution in [0.15, 0.2) is 4.42 Å². The Balaban J connectivity index is 3.21. The normalized spacial score (nSPS) is 12.8. The smallest absolute Gasteiger partial charge is 0.283 e. The molecule has 1 aromatic rings. The Kier molecular flexibility index (Phi) is 3.68. The predicted molar refractivity (Wildman–Crippen MR) is 57.6 cm³/mol. The van der Waals surface area contributed by atoms with E-state index in [-0.39, 0.29) is 17.4 Å². The molecule has 1 aromatic heterocycles. The average molecular weight is 232 g/mol. The molecule has 0 aliphatic carbocycles. The lowest BCUT2D eigenvalue weighted by atomic mass is 10.1. The summed E-state index contributed by atoms with van der Waals surface area (Å²) in [4.78, 5) is 3.89. The van der Waals surface area contributed by atoms with Crippen LogP contribution in [-0.2, 0) is 5.54 Å². The highest BCUT2D eigenvalue weighted by Crippen LogP contribution is 2.32. The monoisotopic (exact) mass is 232 g/mol. The Morgan fingerprint density at radius 1 is 1.31 bits per heavy atom. The van der Waals surface area contributed by atoms with Crippen LogP contribution in [0, 0.1) is 0 Å². The summed E-state index contributed by atoms with van der Waals surface area (Å²) >= 11 is 0. The summed E-state index contributed by atoms with van der Waals surface area (Å²) in [5, 5.41) is 2.97. The molecular formula is C11H18F2N2O. The fourth-order valence-corrected chi connectivity index (χ4v) is 1.29. The van der Waals surface area contributed by atoms with Crippen LogP contribution in [0.3, 0.4) is 0 Å². The van der Waals surface area contributed by atoms with Gasteiger partial charge in [-0.15, -0.1) is 0 Å². The fraction of sp³-hybridized carbons (Fsp3) is 0.727. The summed E-state index contributed by atoms with van der Waals surface area (Å²) in [5.41, 5.74) is -0.787. The van der Waals surface area contributed by atoms with Crippen molar-refractivity contribution in [2.75, 3.05) is 7.05 Å². The fourth-order valence-electron chi connectivity index (χ4n) is 1.29. The van der Waals surface area contributed by atoms with Crippen molar-refractivity contribution in [1.29, 1.82) is 0 Å². The van der Waals surface area contributed by atoms with Gasteiger partial charge in [0.2, 0.25) is 5.89 Å². The maximum absolute atomic E-state index is 12.8. The molecule has 1 heterocycles. The molecule has 0 spiro atoms. The second-order valence-electron chi connectivity index (χ2n) is 4.60. The summed E-state index contributed by atoms with van der Waals surface area (Å²) in [6, 6.07) is 0. The second-order valence-corrected chi connectivity index (χ2v) is 4.60. The van der Waals surface area contributed by atoms with E-state index in [9.17, 15) is 8.78 Å². The van der Waals surface area contributed by atoms with E-state index in [1.807, 2.05) is 27.7 Å². The zero-order valence-corrected chi connectivity index (χ0v) is 10.3. The minimum Gasteiger partial charge on any atom is -0.443 e. The molecule has 0 aromatic carbocycles. The van der Waals surface area contributed by atoms with Gasteiger partial charge >= 0.3 is 0 Å². The van der Waals surface area contributed by atoms with Crippen molar-refractivity contribution >= 4 is 0 Å². The maximum Gasteiger partial charge on any atom is 0.283 e. The molecule has 5 heteroatoms. The first-order valence-corrected chi connectivity index (χ1v) is 5.27. The number of aromatic nitrogens is 1. The van der Waals surface area contributed by atoms with Crippen molar-refractivity contribution in [3.63, 3.8) is 0 Å². The molecule has 0 aliphatic rings. The van der Waals surface area contributed by atoms with Crippen LogP contribution in [0.5, 0.6) is 0 Å². The molecule has 3 nitrogen and oxygen atoms in total. The average Bonchev–Trinajstić information content (AvgIpc) is 2.62. The van der Waals surface area contributed by atoms with Gasteiger partial charge in [-0.3, -0.25) is 0 Å². The summed E-state index contributed by atoms with van der Waals surface area (Å²) < 4.78 is 30.9. The molecule has 0 fully saturated rings. The number of oxazole rings is 1. The van der Waals surface area contributed by atoms with Gasteiger partial charge in [0.15, 0.2) is 0 Å². The maximum atomic E-state index is 12.8. The quantitative estimate of drug-likeness (QED) is 0.866. The number of hydrogen-bond acceptors (Lipinski definition) is 3. The van der Waals surface area contributed by atoms with Crippen LogP contribution in [-0.4, -0.2) is 12.0 Å². The molecule has 0 saturated heterocycles. The van der Waals surface area contributed by atoms with Crippen molar-refractivity contribution in [3.05, 3.63) is 17.3 Å². The molecule has 0 bridgehead atoms. The van der Waals surface area contributed by atoms with Crippen molar-refractivity contribution < 1.29 is 13.2 Å². The topological polar surface area (TPSA) is 38.1 Å². The molecule has 16 heavy (non-hydrogen) atoms. The molecule has 0 radical (unpaired) electrons. The number of rotatable bonds is 4.